The van der Waals surface area contributed by atoms with Crippen molar-refractivity contribution in [3.8, 4) is 0 Å². The summed E-state index contributed by atoms with van der Waals surface area (Å²) >= 11 is 0. The maximum atomic E-state index is 13.8. The van der Waals surface area contributed by atoms with Gasteiger partial charge in [-0.15, -0.1) is 24.8 Å². The fraction of sp³-hybridized carbons (Fsp3) is 0.414. The van der Waals surface area contributed by atoms with E-state index in [-0.39, 0.29) is 42.7 Å². The fourth-order valence-electron chi connectivity index (χ4n) is 4.92. The SMILES string of the molecule is CCCn1c(=O)c2c(nc(Cc3ccccc3)n2CCN(CC)CCO)n(CCc2ccccc2N)c1=O.Cl.Cl. The Labute approximate surface area is 247 Å². The Morgan fingerprint density at radius 1 is 0.875 bits per heavy atom. The zero-order valence-corrected chi connectivity index (χ0v) is 24.8. The average molecular weight is 592 g/mol. The first kappa shape index (κ1) is 33.1. The van der Waals surface area contributed by atoms with Crippen LogP contribution in [0, 0.1) is 0 Å². The lowest BCUT2D eigenvalue weighted by atomic mass is 10.1. The van der Waals surface area contributed by atoms with Crippen LogP contribution in [0.15, 0.2) is 64.2 Å². The zero-order valence-electron chi connectivity index (χ0n) is 23.2. The van der Waals surface area contributed by atoms with E-state index in [0.29, 0.717) is 68.8 Å². The first-order chi connectivity index (χ1) is 18.5. The van der Waals surface area contributed by atoms with E-state index in [0.717, 1.165) is 23.5 Å². The van der Waals surface area contributed by atoms with Crippen LogP contribution in [0.5, 0.6) is 0 Å². The highest BCUT2D eigenvalue weighted by Crippen LogP contribution is 2.18. The van der Waals surface area contributed by atoms with Gasteiger partial charge in [0.15, 0.2) is 11.2 Å². The van der Waals surface area contributed by atoms with Gasteiger partial charge in [-0.25, -0.2) is 9.78 Å². The van der Waals surface area contributed by atoms with Gasteiger partial charge in [0.1, 0.15) is 5.82 Å². The molecular weight excluding hydrogens is 551 g/mol. The van der Waals surface area contributed by atoms with Crippen LogP contribution in [0.2, 0.25) is 0 Å². The van der Waals surface area contributed by atoms with Gasteiger partial charge in [-0.3, -0.25) is 18.8 Å². The molecule has 0 aliphatic heterocycles. The minimum atomic E-state index is -0.342. The molecule has 0 atom stereocenters. The number of nitrogen functional groups attached to an aromatic ring is 1. The minimum absolute atomic E-state index is 0. The monoisotopic (exact) mass is 590 g/mol. The predicted octanol–water partition coefficient (Wildman–Crippen LogP) is 3.34. The second-order valence-corrected chi connectivity index (χ2v) is 9.51. The van der Waals surface area contributed by atoms with Gasteiger partial charge in [0, 0.05) is 44.8 Å². The van der Waals surface area contributed by atoms with Crippen LogP contribution >= 0.6 is 24.8 Å². The Bertz CT molecular complexity index is 1480. The number of nitrogens with two attached hydrogens (primary N) is 1. The first-order valence-corrected chi connectivity index (χ1v) is 13.4. The van der Waals surface area contributed by atoms with Crippen LogP contribution in [0.1, 0.15) is 37.2 Å². The van der Waals surface area contributed by atoms with Crippen molar-refractivity contribution in [1.29, 1.82) is 0 Å². The summed E-state index contributed by atoms with van der Waals surface area (Å²) < 4.78 is 4.95. The van der Waals surface area contributed by atoms with Crippen molar-refractivity contribution in [2.24, 2.45) is 0 Å². The highest BCUT2D eigenvalue weighted by molar-refractivity contribution is 5.85. The summed E-state index contributed by atoms with van der Waals surface area (Å²) in [6, 6.07) is 17.6. The summed E-state index contributed by atoms with van der Waals surface area (Å²) in [5, 5.41) is 9.46. The number of anilines is 1. The second-order valence-electron chi connectivity index (χ2n) is 9.51. The second kappa shape index (κ2) is 15.6. The molecule has 2 aromatic heterocycles. The molecule has 0 aliphatic carbocycles. The number of aryl methyl sites for hydroxylation is 2. The molecule has 0 bridgehead atoms. The van der Waals surface area contributed by atoms with E-state index < -0.39 is 0 Å². The standard InChI is InChI=1S/C29H38N6O3.2ClH/c1-3-15-35-28(37)26-27(34(29(35)38)16-14-23-12-8-9-13-24(23)30)31-25(21-22-10-6-5-7-11-22)33(26)18-17-32(4-2)19-20-36;;/h5-13,36H,3-4,14-21,30H2,1-2H3;2*1H. The number of para-hydroxylation sites is 1. The summed E-state index contributed by atoms with van der Waals surface area (Å²) in [6.45, 7) is 7.29. The topological polar surface area (TPSA) is 111 Å². The number of aliphatic hydroxyl groups is 1. The van der Waals surface area contributed by atoms with Gasteiger partial charge >= 0.3 is 5.69 Å². The van der Waals surface area contributed by atoms with Crippen molar-refractivity contribution < 1.29 is 5.11 Å². The molecule has 218 valence electrons. The van der Waals surface area contributed by atoms with E-state index in [9.17, 15) is 14.7 Å². The Morgan fingerprint density at radius 3 is 2.23 bits per heavy atom. The largest absolute Gasteiger partial charge is 0.399 e. The van der Waals surface area contributed by atoms with Crippen molar-refractivity contribution in [3.63, 3.8) is 0 Å². The van der Waals surface area contributed by atoms with E-state index in [1.54, 1.807) is 4.57 Å². The van der Waals surface area contributed by atoms with Gasteiger partial charge in [0.25, 0.3) is 5.56 Å². The summed E-state index contributed by atoms with van der Waals surface area (Å²) in [6.07, 6.45) is 1.75. The molecule has 0 radical (unpaired) electrons. The third kappa shape index (κ3) is 7.34. The summed E-state index contributed by atoms with van der Waals surface area (Å²) in [5.41, 5.74) is 9.09. The number of fused-ring (bicyclic) bond motifs is 1. The third-order valence-electron chi connectivity index (χ3n) is 7.01. The molecule has 4 rings (SSSR count). The number of aliphatic hydroxyl groups excluding tert-OH is 1. The van der Waals surface area contributed by atoms with Crippen LogP contribution in [0.4, 0.5) is 5.69 Å². The molecule has 2 aromatic carbocycles. The lowest BCUT2D eigenvalue weighted by molar-refractivity contribution is 0.197. The van der Waals surface area contributed by atoms with Gasteiger partial charge in [0.05, 0.1) is 6.61 Å². The maximum Gasteiger partial charge on any atom is 0.332 e. The Balaban J connectivity index is 0.00000280. The molecule has 3 N–H and O–H groups in total. The highest BCUT2D eigenvalue weighted by Gasteiger charge is 2.22. The Hall–Kier alpha value is -3.11. The zero-order chi connectivity index (χ0) is 27.1. The lowest BCUT2D eigenvalue weighted by Gasteiger charge is -2.20. The van der Waals surface area contributed by atoms with Crippen molar-refractivity contribution in [1.82, 2.24) is 23.6 Å². The van der Waals surface area contributed by atoms with Gasteiger partial charge < -0.3 is 15.4 Å². The molecule has 0 aliphatic rings. The van der Waals surface area contributed by atoms with Gasteiger partial charge in [-0.05, 0) is 36.6 Å². The number of hydrogen-bond donors (Lipinski definition) is 2. The average Bonchev–Trinajstić information content (AvgIpc) is 3.28. The third-order valence-corrected chi connectivity index (χ3v) is 7.01. The molecule has 4 aromatic rings. The Morgan fingerprint density at radius 2 is 1.57 bits per heavy atom. The molecule has 11 heteroatoms. The molecule has 0 amide bonds. The number of imidazole rings is 1. The molecule has 0 saturated heterocycles. The van der Waals surface area contributed by atoms with Crippen molar-refractivity contribution >= 4 is 41.7 Å². The molecule has 0 saturated carbocycles. The molecule has 2 heterocycles. The Kier molecular flexibility index (Phi) is 12.9. The van der Waals surface area contributed by atoms with Crippen LogP contribution in [0.3, 0.4) is 0 Å². The van der Waals surface area contributed by atoms with Crippen molar-refractivity contribution in [2.45, 2.75) is 52.7 Å². The van der Waals surface area contributed by atoms with E-state index in [4.69, 9.17) is 10.7 Å². The van der Waals surface area contributed by atoms with E-state index in [1.165, 1.54) is 4.57 Å². The molecule has 0 unspecified atom stereocenters. The summed E-state index contributed by atoms with van der Waals surface area (Å²) in [4.78, 5) is 34.4. The molecule has 0 fully saturated rings. The fourth-order valence-corrected chi connectivity index (χ4v) is 4.92. The maximum absolute atomic E-state index is 13.8. The molecule has 9 nitrogen and oxygen atoms in total. The van der Waals surface area contributed by atoms with Crippen LogP contribution in [0.25, 0.3) is 11.2 Å². The number of halogens is 2. The summed E-state index contributed by atoms with van der Waals surface area (Å²) in [5.74, 6) is 0.741. The van der Waals surface area contributed by atoms with Gasteiger partial charge in [-0.2, -0.15) is 0 Å². The number of aromatic nitrogens is 4. The number of benzene rings is 2. The van der Waals surface area contributed by atoms with E-state index in [1.807, 2.05) is 73.0 Å². The highest BCUT2D eigenvalue weighted by atomic mass is 35.5. The minimum Gasteiger partial charge on any atom is -0.399 e. The van der Waals surface area contributed by atoms with Crippen LogP contribution in [-0.2, 0) is 32.5 Å². The predicted molar refractivity (Wildman–Crippen MR) is 166 cm³/mol. The number of hydrogen-bond acceptors (Lipinski definition) is 6. The van der Waals surface area contributed by atoms with Gasteiger partial charge in [-0.1, -0.05) is 62.4 Å². The number of rotatable bonds is 13. The number of nitrogens with zero attached hydrogens (tertiary/aromatic N) is 5. The van der Waals surface area contributed by atoms with Crippen molar-refractivity contribution in [3.05, 3.63) is 92.4 Å². The summed E-state index contributed by atoms with van der Waals surface area (Å²) in [7, 11) is 0. The van der Waals surface area contributed by atoms with Crippen LogP contribution < -0.4 is 17.0 Å². The molecular formula is C29H40Cl2N6O3. The van der Waals surface area contributed by atoms with Crippen molar-refractivity contribution in [2.75, 3.05) is 32.0 Å². The van der Waals surface area contributed by atoms with E-state index >= 15 is 0 Å². The lowest BCUT2D eigenvalue weighted by Crippen LogP contribution is -2.41. The molecule has 40 heavy (non-hydrogen) atoms. The smallest absolute Gasteiger partial charge is 0.332 e. The van der Waals surface area contributed by atoms with Crippen LogP contribution in [-0.4, -0.2) is 54.9 Å². The van der Waals surface area contributed by atoms with Gasteiger partial charge in [0.2, 0.25) is 0 Å². The molecule has 0 spiro atoms. The number of likely N-dealkylation sites (N-methyl/N-ethyl adjacent to an activating group) is 1. The van der Waals surface area contributed by atoms with E-state index in [2.05, 4.69) is 4.90 Å². The normalized spacial score (nSPS) is 11.0. The quantitative estimate of drug-likeness (QED) is 0.231. The first-order valence-electron chi connectivity index (χ1n) is 13.4.